The van der Waals surface area contributed by atoms with Crippen LogP contribution in [0.2, 0.25) is 5.02 Å². The van der Waals surface area contributed by atoms with Crippen LogP contribution in [-0.2, 0) is 0 Å². The van der Waals surface area contributed by atoms with Gasteiger partial charge in [-0.1, -0.05) is 11.6 Å². The molecule has 24 heavy (non-hydrogen) atoms. The molecule has 0 spiro atoms. The standard InChI is InChI=1S/C17H19ClFN3O2/c1-21(12-4-9-6-13(23)7-10(9)5-12)17(24)15-16(19)22-8-11(18)2-3-14(22)20-15/h2-3,8-10,12-13,23H,4-7H2,1H3/t9-,10+,12?,13?. The number of hydrogen-bond acceptors (Lipinski definition) is 3. The fourth-order valence-corrected chi connectivity index (χ4v) is 4.49. The zero-order valence-electron chi connectivity index (χ0n) is 13.3. The van der Waals surface area contributed by atoms with Crippen molar-refractivity contribution in [3.05, 3.63) is 35.0 Å². The lowest BCUT2D eigenvalue weighted by atomic mass is 10.0. The predicted octanol–water partition coefficient (Wildman–Crippen LogP) is 2.75. The van der Waals surface area contributed by atoms with Crippen LogP contribution in [0.4, 0.5) is 4.39 Å². The third-order valence-corrected chi connectivity index (χ3v) is 5.78. The number of aliphatic hydroxyl groups excluding tert-OH is 1. The van der Waals surface area contributed by atoms with E-state index in [0.29, 0.717) is 22.5 Å². The molecule has 0 aromatic carbocycles. The van der Waals surface area contributed by atoms with Crippen molar-refractivity contribution in [1.82, 2.24) is 14.3 Å². The molecule has 128 valence electrons. The van der Waals surface area contributed by atoms with Crippen LogP contribution in [0.15, 0.2) is 18.3 Å². The molecule has 2 aromatic rings. The van der Waals surface area contributed by atoms with Crippen molar-refractivity contribution in [3.8, 4) is 0 Å². The molecule has 2 heterocycles. The third kappa shape index (κ3) is 2.48. The summed E-state index contributed by atoms with van der Waals surface area (Å²) in [5.74, 6) is -0.161. The van der Waals surface area contributed by atoms with Crippen LogP contribution in [-0.4, -0.2) is 44.5 Å². The molecule has 4 atom stereocenters. The Hall–Kier alpha value is -1.66. The van der Waals surface area contributed by atoms with Crippen molar-refractivity contribution in [2.45, 2.75) is 37.8 Å². The molecule has 2 fully saturated rings. The predicted molar refractivity (Wildman–Crippen MR) is 87.5 cm³/mol. The Balaban J connectivity index is 1.57. The first-order valence-corrected chi connectivity index (χ1v) is 8.60. The summed E-state index contributed by atoms with van der Waals surface area (Å²) >= 11 is 5.88. The van der Waals surface area contributed by atoms with E-state index in [-0.39, 0.29) is 17.8 Å². The first-order chi connectivity index (χ1) is 11.4. The monoisotopic (exact) mass is 351 g/mol. The van der Waals surface area contributed by atoms with Gasteiger partial charge in [-0.25, -0.2) is 4.98 Å². The zero-order valence-corrected chi connectivity index (χ0v) is 14.1. The second-order valence-corrected chi connectivity index (χ2v) is 7.45. The molecular formula is C17H19ClFN3O2. The highest BCUT2D eigenvalue weighted by Gasteiger charge is 2.43. The van der Waals surface area contributed by atoms with Crippen molar-refractivity contribution < 1.29 is 14.3 Å². The number of carbonyl (C=O) groups excluding carboxylic acids is 1. The Morgan fingerprint density at radius 1 is 1.33 bits per heavy atom. The van der Waals surface area contributed by atoms with E-state index in [1.807, 2.05) is 0 Å². The number of hydrogen-bond donors (Lipinski definition) is 1. The Morgan fingerprint density at radius 2 is 2.00 bits per heavy atom. The van der Waals surface area contributed by atoms with Crippen molar-refractivity contribution in [1.29, 1.82) is 0 Å². The molecule has 0 radical (unpaired) electrons. The largest absolute Gasteiger partial charge is 0.393 e. The summed E-state index contributed by atoms with van der Waals surface area (Å²) in [6.45, 7) is 0. The van der Waals surface area contributed by atoms with E-state index in [9.17, 15) is 14.3 Å². The van der Waals surface area contributed by atoms with Gasteiger partial charge in [-0.2, -0.15) is 4.39 Å². The molecule has 2 aromatic heterocycles. The molecule has 0 saturated heterocycles. The van der Waals surface area contributed by atoms with Crippen molar-refractivity contribution in [2.24, 2.45) is 11.8 Å². The SMILES string of the molecule is CN(C(=O)c1nc2ccc(Cl)cn2c1F)C1C[C@H]2CC(O)C[C@H]2C1. The Morgan fingerprint density at radius 3 is 2.67 bits per heavy atom. The van der Waals surface area contributed by atoms with Crippen LogP contribution in [0.1, 0.15) is 36.2 Å². The van der Waals surface area contributed by atoms with Crippen LogP contribution >= 0.6 is 11.6 Å². The number of aliphatic hydroxyl groups is 1. The number of pyridine rings is 1. The van der Waals surface area contributed by atoms with E-state index in [4.69, 9.17) is 11.6 Å². The minimum absolute atomic E-state index is 0.0767. The van der Waals surface area contributed by atoms with Crippen LogP contribution in [0, 0.1) is 17.8 Å². The number of aromatic nitrogens is 2. The minimum atomic E-state index is -0.682. The third-order valence-electron chi connectivity index (χ3n) is 5.56. The molecule has 7 heteroatoms. The van der Waals surface area contributed by atoms with Crippen LogP contribution in [0.3, 0.4) is 0 Å². The maximum absolute atomic E-state index is 14.6. The lowest BCUT2D eigenvalue weighted by Crippen LogP contribution is -2.36. The lowest BCUT2D eigenvalue weighted by Gasteiger charge is -2.24. The molecule has 2 aliphatic carbocycles. The summed E-state index contributed by atoms with van der Waals surface area (Å²) in [6.07, 6.45) is 4.56. The van der Waals surface area contributed by atoms with Gasteiger partial charge in [-0.15, -0.1) is 0 Å². The van der Waals surface area contributed by atoms with E-state index in [1.165, 1.54) is 10.6 Å². The number of fused-ring (bicyclic) bond motifs is 2. The highest BCUT2D eigenvalue weighted by molar-refractivity contribution is 6.30. The molecular weight excluding hydrogens is 333 g/mol. The molecule has 0 bridgehead atoms. The van der Waals surface area contributed by atoms with E-state index in [0.717, 1.165) is 25.7 Å². The summed E-state index contributed by atoms with van der Waals surface area (Å²) < 4.78 is 15.7. The number of halogens is 2. The quantitative estimate of drug-likeness (QED) is 0.905. The lowest BCUT2D eigenvalue weighted by molar-refractivity contribution is 0.0711. The molecule has 2 unspecified atom stereocenters. The van der Waals surface area contributed by atoms with Gasteiger partial charge in [0.15, 0.2) is 5.69 Å². The number of rotatable bonds is 2. The molecule has 5 nitrogen and oxygen atoms in total. The molecule has 4 rings (SSSR count). The number of imidazole rings is 1. The fraction of sp³-hybridized carbons (Fsp3) is 0.529. The first-order valence-electron chi connectivity index (χ1n) is 8.22. The maximum atomic E-state index is 14.6. The topological polar surface area (TPSA) is 57.8 Å². The van der Waals surface area contributed by atoms with Crippen molar-refractivity contribution in [3.63, 3.8) is 0 Å². The summed E-state index contributed by atoms with van der Waals surface area (Å²) in [6, 6.07) is 3.28. The average molecular weight is 352 g/mol. The number of amides is 1. The van der Waals surface area contributed by atoms with Crippen LogP contribution in [0.5, 0.6) is 0 Å². The van der Waals surface area contributed by atoms with Crippen molar-refractivity contribution >= 4 is 23.2 Å². The normalized spacial score (nSPS) is 29.2. The smallest absolute Gasteiger partial charge is 0.277 e. The Bertz CT molecular complexity index is 794. The van der Waals surface area contributed by atoms with Gasteiger partial charge in [0.25, 0.3) is 5.91 Å². The van der Waals surface area contributed by atoms with Gasteiger partial charge in [-0.05, 0) is 49.7 Å². The van der Waals surface area contributed by atoms with Crippen molar-refractivity contribution in [2.75, 3.05) is 7.05 Å². The molecule has 1 N–H and O–H groups in total. The van der Waals surface area contributed by atoms with Crippen LogP contribution in [0.25, 0.3) is 5.65 Å². The van der Waals surface area contributed by atoms with E-state index >= 15 is 0 Å². The van der Waals surface area contributed by atoms with Gasteiger partial charge < -0.3 is 10.0 Å². The van der Waals surface area contributed by atoms with Crippen LogP contribution < -0.4 is 0 Å². The van der Waals surface area contributed by atoms with Gasteiger partial charge in [0, 0.05) is 19.3 Å². The highest BCUT2D eigenvalue weighted by Crippen LogP contribution is 2.45. The van der Waals surface area contributed by atoms with Gasteiger partial charge in [-0.3, -0.25) is 9.20 Å². The van der Waals surface area contributed by atoms with Gasteiger partial charge >= 0.3 is 0 Å². The molecule has 2 saturated carbocycles. The molecule has 1 amide bonds. The Labute approximate surface area is 144 Å². The zero-order chi connectivity index (χ0) is 17.0. The maximum Gasteiger partial charge on any atom is 0.277 e. The second kappa shape index (κ2) is 5.70. The van der Waals surface area contributed by atoms with E-state index in [2.05, 4.69) is 4.98 Å². The summed E-state index contributed by atoms with van der Waals surface area (Å²) in [7, 11) is 1.71. The van der Waals surface area contributed by atoms with E-state index < -0.39 is 11.9 Å². The van der Waals surface area contributed by atoms with Gasteiger partial charge in [0.2, 0.25) is 5.95 Å². The second-order valence-electron chi connectivity index (χ2n) is 7.01. The summed E-state index contributed by atoms with van der Waals surface area (Å²) in [5, 5.41) is 10.1. The van der Waals surface area contributed by atoms with Gasteiger partial charge in [0.1, 0.15) is 5.65 Å². The molecule has 0 aliphatic heterocycles. The highest BCUT2D eigenvalue weighted by atomic mass is 35.5. The first kappa shape index (κ1) is 15.8. The number of nitrogens with zero attached hydrogens (tertiary/aromatic N) is 3. The fourth-order valence-electron chi connectivity index (χ4n) is 4.33. The summed E-state index contributed by atoms with van der Waals surface area (Å²) in [4.78, 5) is 18.5. The van der Waals surface area contributed by atoms with E-state index in [1.54, 1.807) is 24.1 Å². The van der Waals surface area contributed by atoms with Gasteiger partial charge in [0.05, 0.1) is 11.1 Å². The Kier molecular flexibility index (Phi) is 3.77. The average Bonchev–Trinajstić information content (AvgIpc) is 3.17. The molecule has 2 aliphatic rings. The number of carbonyl (C=O) groups is 1. The summed E-state index contributed by atoms with van der Waals surface area (Å²) in [5.41, 5.74) is 0.192. The minimum Gasteiger partial charge on any atom is -0.393 e.